The minimum atomic E-state index is -2.51. The fraction of sp³-hybridized carbons (Fsp3) is 0.0500. The summed E-state index contributed by atoms with van der Waals surface area (Å²) in [6.45, 7) is 0. The van der Waals surface area contributed by atoms with E-state index in [2.05, 4.69) is 18.9 Å². The van der Waals surface area contributed by atoms with Gasteiger partial charge < -0.3 is 28.1 Å². The zero-order valence-electron chi connectivity index (χ0n) is 16.9. The molecule has 0 aliphatic rings. The second-order valence-electron chi connectivity index (χ2n) is 6.11. The van der Waals surface area contributed by atoms with E-state index < -0.39 is 70.0 Å². The van der Waals surface area contributed by atoms with Crippen LogP contribution in [0.15, 0.2) is 39.5 Å². The lowest BCUT2D eigenvalue weighted by molar-refractivity contribution is 0.171. The Morgan fingerprint density at radius 2 is 1.34 bits per heavy atom. The lowest BCUT2D eigenvalue weighted by Gasteiger charge is -2.13. The molecule has 0 spiro atoms. The van der Waals surface area contributed by atoms with Crippen LogP contribution in [0.2, 0.25) is 0 Å². The topological polar surface area (TPSA) is 145 Å². The SMILES string of the molecule is COc1ccc(-c2oc3cc(OC(=O)F)cc(OC(=O)F)c3c(=O)c2OC(=O)F)cc1OC(=O)F. The number of hydrogen-bond acceptors (Lipinski definition) is 11. The number of benzene rings is 2. The minimum absolute atomic E-state index is 0.179. The van der Waals surface area contributed by atoms with Crippen LogP contribution in [0.1, 0.15) is 0 Å². The van der Waals surface area contributed by atoms with Gasteiger partial charge in [0.15, 0.2) is 23.0 Å². The number of halogens is 4. The van der Waals surface area contributed by atoms with Gasteiger partial charge in [-0.3, -0.25) is 4.79 Å². The largest absolute Gasteiger partial charge is 0.501 e. The van der Waals surface area contributed by atoms with Crippen LogP contribution in [0.25, 0.3) is 22.3 Å². The molecule has 0 aliphatic heterocycles. The van der Waals surface area contributed by atoms with Gasteiger partial charge in [-0.2, -0.15) is 0 Å². The van der Waals surface area contributed by atoms with Crippen LogP contribution in [-0.4, -0.2) is 32.0 Å². The van der Waals surface area contributed by atoms with Gasteiger partial charge >= 0.3 is 24.9 Å². The van der Waals surface area contributed by atoms with Crippen LogP contribution >= 0.6 is 0 Å². The normalized spacial score (nSPS) is 10.4. The number of methoxy groups -OCH3 is 1. The van der Waals surface area contributed by atoms with Gasteiger partial charge in [0.2, 0.25) is 11.2 Å². The average molecular weight is 500 g/mol. The molecule has 2 aromatic carbocycles. The standard InChI is InChI=1S/C20H8F4O11/c1-30-9-3-2-7(4-10(9)33-18(22)27)15-16(35-20(24)29)14(25)13-11(32-15)5-8(31-17(21)26)6-12(13)34-19(23)28/h2-6H,1H3. The molecule has 3 rings (SSSR count). The van der Waals surface area contributed by atoms with Crippen molar-refractivity contribution in [3.8, 4) is 40.1 Å². The first kappa shape index (κ1) is 24.7. The van der Waals surface area contributed by atoms with E-state index in [-0.39, 0.29) is 11.3 Å². The molecular formula is C20H8F4O11. The number of carbonyl (C=O) groups is 4. The van der Waals surface area contributed by atoms with E-state index in [4.69, 9.17) is 9.15 Å². The molecule has 0 saturated heterocycles. The van der Waals surface area contributed by atoms with E-state index in [1.54, 1.807) is 0 Å². The Morgan fingerprint density at radius 3 is 1.91 bits per heavy atom. The third-order valence-electron chi connectivity index (χ3n) is 4.08. The maximum atomic E-state index is 13.1. The van der Waals surface area contributed by atoms with Crippen molar-refractivity contribution in [2.24, 2.45) is 0 Å². The van der Waals surface area contributed by atoms with Crippen LogP contribution in [0.4, 0.5) is 36.7 Å². The third kappa shape index (κ3) is 5.52. The highest BCUT2D eigenvalue weighted by atomic mass is 19.2. The van der Waals surface area contributed by atoms with Gasteiger partial charge in [0.25, 0.3) is 0 Å². The molecule has 0 saturated carbocycles. The Bertz CT molecular complexity index is 1430. The summed E-state index contributed by atoms with van der Waals surface area (Å²) >= 11 is 0. The van der Waals surface area contributed by atoms with Crippen LogP contribution in [0.5, 0.6) is 28.7 Å². The van der Waals surface area contributed by atoms with E-state index >= 15 is 0 Å². The number of ether oxygens (including phenoxy) is 5. The van der Waals surface area contributed by atoms with Gasteiger partial charge in [-0.1, -0.05) is 0 Å². The summed E-state index contributed by atoms with van der Waals surface area (Å²) in [4.78, 5) is 56.2. The molecular weight excluding hydrogens is 492 g/mol. The Balaban J connectivity index is 2.39. The molecule has 0 bridgehead atoms. The van der Waals surface area contributed by atoms with E-state index in [9.17, 15) is 41.5 Å². The zero-order valence-corrected chi connectivity index (χ0v) is 16.9. The first-order valence-corrected chi connectivity index (χ1v) is 8.82. The maximum Gasteiger partial charge on any atom is 0.501 e. The molecule has 15 heteroatoms. The molecule has 0 N–H and O–H groups in total. The molecule has 182 valence electrons. The highest BCUT2D eigenvalue weighted by molar-refractivity contribution is 5.91. The zero-order chi connectivity index (χ0) is 25.9. The van der Waals surface area contributed by atoms with Crippen molar-refractivity contribution in [3.63, 3.8) is 0 Å². The van der Waals surface area contributed by atoms with Gasteiger partial charge in [0.1, 0.15) is 16.7 Å². The van der Waals surface area contributed by atoms with Gasteiger partial charge in [0.05, 0.1) is 7.11 Å². The summed E-state index contributed by atoms with van der Waals surface area (Å²) in [5.74, 6) is -4.37. The molecule has 0 unspecified atom stereocenters. The molecule has 0 radical (unpaired) electrons. The highest BCUT2D eigenvalue weighted by Crippen LogP contribution is 2.40. The van der Waals surface area contributed by atoms with E-state index in [1.807, 2.05) is 0 Å². The summed E-state index contributed by atoms with van der Waals surface area (Å²) in [5.41, 5.74) is -2.38. The van der Waals surface area contributed by atoms with E-state index in [0.29, 0.717) is 6.07 Å². The Kier molecular flexibility index (Phi) is 6.98. The molecule has 1 heterocycles. The molecule has 0 fully saturated rings. The van der Waals surface area contributed by atoms with Crippen molar-refractivity contribution < 1.29 is 64.8 Å². The summed E-state index contributed by atoms with van der Waals surface area (Å²) in [5, 5.41) is -0.821. The number of carbonyl (C=O) groups excluding carboxylic acids is 4. The minimum Gasteiger partial charge on any atom is -0.493 e. The maximum absolute atomic E-state index is 13.1. The fourth-order valence-corrected chi connectivity index (χ4v) is 2.91. The van der Waals surface area contributed by atoms with Gasteiger partial charge in [0, 0.05) is 17.7 Å². The Morgan fingerprint density at radius 1 is 0.743 bits per heavy atom. The average Bonchev–Trinajstić information content (AvgIpc) is 2.73. The van der Waals surface area contributed by atoms with Crippen molar-refractivity contribution in [2.75, 3.05) is 7.11 Å². The number of rotatable bonds is 6. The molecule has 3 aromatic rings. The summed E-state index contributed by atoms with van der Waals surface area (Å²) < 4.78 is 78.8. The third-order valence-corrected chi connectivity index (χ3v) is 4.08. The van der Waals surface area contributed by atoms with Crippen LogP contribution < -0.4 is 29.1 Å². The Labute approximate surface area is 189 Å². The van der Waals surface area contributed by atoms with Crippen molar-refractivity contribution in [1.29, 1.82) is 0 Å². The summed E-state index contributed by atoms with van der Waals surface area (Å²) in [6.07, 6.45) is -9.57. The first-order valence-electron chi connectivity index (χ1n) is 8.82. The lowest BCUT2D eigenvalue weighted by atomic mass is 10.1. The predicted octanol–water partition coefficient (Wildman–Crippen LogP) is 5.34. The molecule has 35 heavy (non-hydrogen) atoms. The molecule has 0 amide bonds. The van der Waals surface area contributed by atoms with Crippen LogP contribution in [0.3, 0.4) is 0 Å². The first-order chi connectivity index (χ1) is 16.5. The number of fused-ring (bicyclic) bond motifs is 1. The highest BCUT2D eigenvalue weighted by Gasteiger charge is 2.26. The van der Waals surface area contributed by atoms with Crippen molar-refractivity contribution >= 4 is 35.9 Å². The lowest BCUT2D eigenvalue weighted by Crippen LogP contribution is -2.14. The predicted molar refractivity (Wildman–Crippen MR) is 103 cm³/mol. The molecule has 0 atom stereocenters. The van der Waals surface area contributed by atoms with Crippen molar-refractivity contribution in [1.82, 2.24) is 0 Å². The monoisotopic (exact) mass is 500 g/mol. The van der Waals surface area contributed by atoms with Gasteiger partial charge in [-0.25, -0.2) is 19.2 Å². The fourth-order valence-electron chi connectivity index (χ4n) is 2.91. The van der Waals surface area contributed by atoms with Crippen molar-refractivity contribution in [2.45, 2.75) is 0 Å². The van der Waals surface area contributed by atoms with Gasteiger partial charge in [-0.15, -0.1) is 17.6 Å². The van der Waals surface area contributed by atoms with Crippen molar-refractivity contribution in [3.05, 3.63) is 40.6 Å². The quantitative estimate of drug-likeness (QED) is 0.319. The van der Waals surface area contributed by atoms with Crippen LogP contribution in [0, 0.1) is 0 Å². The smallest absolute Gasteiger partial charge is 0.493 e. The van der Waals surface area contributed by atoms with Gasteiger partial charge in [-0.05, 0) is 18.2 Å². The van der Waals surface area contributed by atoms with E-state index in [1.165, 1.54) is 0 Å². The summed E-state index contributed by atoms with van der Waals surface area (Å²) in [6, 6.07) is 4.34. The van der Waals surface area contributed by atoms with E-state index in [0.717, 1.165) is 31.4 Å². The molecule has 0 aliphatic carbocycles. The molecule has 1 aromatic heterocycles. The Hall–Kier alpha value is -4.95. The second kappa shape index (κ2) is 9.90. The molecule has 11 nitrogen and oxygen atoms in total. The van der Waals surface area contributed by atoms with Crippen LogP contribution in [-0.2, 0) is 0 Å². The summed E-state index contributed by atoms with van der Waals surface area (Å²) in [7, 11) is 1.14. The number of hydrogen-bond donors (Lipinski definition) is 0. The second-order valence-corrected chi connectivity index (χ2v) is 6.11.